The molecule has 2 aromatic rings. The summed E-state index contributed by atoms with van der Waals surface area (Å²) in [6.45, 7) is 0.368. The lowest BCUT2D eigenvalue weighted by atomic mass is 10.2. The van der Waals surface area contributed by atoms with Gasteiger partial charge in [-0.2, -0.15) is 0 Å². The van der Waals surface area contributed by atoms with Gasteiger partial charge in [0.05, 0.1) is 10.7 Å². The topological polar surface area (TPSA) is 12.0 Å². The molecule has 2 aromatic carbocycles. The van der Waals surface area contributed by atoms with Crippen molar-refractivity contribution in [1.82, 2.24) is 0 Å². The monoisotopic (exact) mass is 331 g/mol. The van der Waals surface area contributed by atoms with E-state index >= 15 is 0 Å². The van der Waals surface area contributed by atoms with Gasteiger partial charge in [0.2, 0.25) is 0 Å². The van der Waals surface area contributed by atoms with Crippen molar-refractivity contribution in [3.8, 4) is 0 Å². The first-order chi connectivity index (χ1) is 8.56. The lowest BCUT2D eigenvalue weighted by Crippen LogP contribution is -2.01. The number of anilines is 1. The molecule has 0 spiro atoms. The average Bonchev–Trinajstić information content (AvgIpc) is 2.34. The molecule has 0 aliphatic rings. The Balaban J connectivity index is 2.11. The molecular weight excluding hydrogens is 324 g/mol. The molecule has 0 amide bonds. The molecule has 0 radical (unpaired) electrons. The van der Waals surface area contributed by atoms with Crippen LogP contribution >= 0.6 is 27.5 Å². The SMILES string of the molecule is Fc1ccc(F)c(NCc2ccc(Br)c(Cl)c2)c1. The van der Waals surface area contributed by atoms with Crippen LogP contribution in [0.3, 0.4) is 0 Å². The quantitative estimate of drug-likeness (QED) is 0.834. The lowest BCUT2D eigenvalue weighted by molar-refractivity contribution is 0.602. The van der Waals surface area contributed by atoms with Crippen molar-refractivity contribution in [3.63, 3.8) is 0 Å². The van der Waals surface area contributed by atoms with Crippen LogP contribution < -0.4 is 5.32 Å². The molecule has 0 heterocycles. The van der Waals surface area contributed by atoms with E-state index in [1.807, 2.05) is 6.07 Å². The van der Waals surface area contributed by atoms with E-state index in [0.717, 1.165) is 28.2 Å². The smallest absolute Gasteiger partial charge is 0.146 e. The predicted molar refractivity (Wildman–Crippen MR) is 72.8 cm³/mol. The minimum Gasteiger partial charge on any atom is -0.379 e. The molecule has 94 valence electrons. The van der Waals surface area contributed by atoms with E-state index in [4.69, 9.17) is 11.6 Å². The highest BCUT2D eigenvalue weighted by Crippen LogP contribution is 2.24. The summed E-state index contributed by atoms with van der Waals surface area (Å²) in [6.07, 6.45) is 0. The number of rotatable bonds is 3. The Morgan fingerprint density at radius 2 is 1.89 bits per heavy atom. The number of nitrogens with one attached hydrogen (secondary N) is 1. The summed E-state index contributed by atoms with van der Waals surface area (Å²) in [5, 5.41) is 3.41. The summed E-state index contributed by atoms with van der Waals surface area (Å²) < 4.78 is 27.1. The van der Waals surface area contributed by atoms with Gasteiger partial charge in [-0.3, -0.25) is 0 Å². The second-order valence-corrected chi connectivity index (χ2v) is 4.99. The molecule has 0 bridgehead atoms. The standard InChI is InChI=1S/C13H9BrClF2N/c14-10-3-1-8(5-11(10)15)7-18-13-6-9(16)2-4-12(13)17/h1-6,18H,7H2. The van der Waals surface area contributed by atoms with Crippen molar-refractivity contribution in [2.75, 3.05) is 5.32 Å². The fourth-order valence-electron chi connectivity index (χ4n) is 1.48. The van der Waals surface area contributed by atoms with Gasteiger partial charge < -0.3 is 5.32 Å². The fourth-order valence-corrected chi connectivity index (χ4v) is 1.93. The molecule has 0 saturated heterocycles. The van der Waals surface area contributed by atoms with Crippen LogP contribution in [0, 0.1) is 11.6 Å². The van der Waals surface area contributed by atoms with Crippen molar-refractivity contribution in [3.05, 3.63) is 63.1 Å². The minimum absolute atomic E-state index is 0.133. The van der Waals surface area contributed by atoms with E-state index in [-0.39, 0.29) is 5.69 Å². The highest BCUT2D eigenvalue weighted by Gasteiger charge is 2.04. The first-order valence-electron chi connectivity index (χ1n) is 5.19. The molecule has 0 aromatic heterocycles. The molecule has 0 saturated carbocycles. The number of hydrogen-bond acceptors (Lipinski definition) is 1. The molecule has 0 atom stereocenters. The summed E-state index contributed by atoms with van der Waals surface area (Å²) in [4.78, 5) is 0. The van der Waals surface area contributed by atoms with Crippen molar-refractivity contribution < 1.29 is 8.78 Å². The molecule has 1 nitrogen and oxygen atoms in total. The Morgan fingerprint density at radius 1 is 1.11 bits per heavy atom. The molecule has 0 aliphatic carbocycles. The van der Waals surface area contributed by atoms with Crippen molar-refractivity contribution in [2.45, 2.75) is 6.54 Å². The van der Waals surface area contributed by atoms with Crippen molar-refractivity contribution in [2.24, 2.45) is 0 Å². The second kappa shape index (κ2) is 5.67. The van der Waals surface area contributed by atoms with Crippen LogP contribution in [-0.2, 0) is 6.54 Å². The van der Waals surface area contributed by atoms with Crippen LogP contribution in [0.1, 0.15) is 5.56 Å². The molecule has 1 N–H and O–H groups in total. The van der Waals surface area contributed by atoms with Gasteiger partial charge in [0, 0.05) is 11.0 Å². The van der Waals surface area contributed by atoms with E-state index in [9.17, 15) is 8.78 Å². The zero-order chi connectivity index (χ0) is 13.1. The Labute approximate surface area is 117 Å². The van der Waals surface area contributed by atoms with Crippen LogP contribution in [0.5, 0.6) is 0 Å². The van der Waals surface area contributed by atoms with E-state index < -0.39 is 11.6 Å². The highest BCUT2D eigenvalue weighted by molar-refractivity contribution is 9.10. The van der Waals surface area contributed by atoms with Gasteiger partial charge in [0.1, 0.15) is 11.6 Å². The Bertz CT molecular complexity index is 575. The molecular formula is C13H9BrClF2N. The van der Waals surface area contributed by atoms with Crippen molar-refractivity contribution >= 4 is 33.2 Å². The third-order valence-corrected chi connectivity index (χ3v) is 3.63. The maximum Gasteiger partial charge on any atom is 0.146 e. The van der Waals surface area contributed by atoms with E-state index in [1.165, 1.54) is 0 Å². The van der Waals surface area contributed by atoms with Gasteiger partial charge in [0.25, 0.3) is 0 Å². The van der Waals surface area contributed by atoms with Crippen LogP contribution in [-0.4, -0.2) is 0 Å². The van der Waals surface area contributed by atoms with Gasteiger partial charge in [-0.25, -0.2) is 8.78 Å². The summed E-state index contributed by atoms with van der Waals surface area (Å²) in [7, 11) is 0. The number of benzene rings is 2. The third-order valence-electron chi connectivity index (χ3n) is 2.40. The minimum atomic E-state index is -0.486. The summed E-state index contributed by atoms with van der Waals surface area (Å²) >= 11 is 9.23. The summed E-state index contributed by atoms with van der Waals surface area (Å²) in [6, 6.07) is 8.70. The maximum absolute atomic E-state index is 13.4. The Hall–Kier alpha value is -1.13. The molecule has 18 heavy (non-hydrogen) atoms. The normalized spacial score (nSPS) is 10.4. The number of halogens is 4. The van der Waals surface area contributed by atoms with Gasteiger partial charge in [-0.1, -0.05) is 17.7 Å². The summed E-state index contributed by atoms with van der Waals surface area (Å²) in [5.41, 5.74) is 1.01. The van der Waals surface area contributed by atoms with Crippen molar-refractivity contribution in [1.29, 1.82) is 0 Å². The van der Waals surface area contributed by atoms with Gasteiger partial charge in [0.15, 0.2) is 0 Å². The highest BCUT2D eigenvalue weighted by atomic mass is 79.9. The first kappa shape index (κ1) is 13.3. The molecule has 0 unspecified atom stereocenters. The van der Waals surface area contributed by atoms with Crippen LogP contribution in [0.25, 0.3) is 0 Å². The Morgan fingerprint density at radius 3 is 2.61 bits per heavy atom. The maximum atomic E-state index is 13.4. The van der Waals surface area contributed by atoms with Crippen LogP contribution in [0.15, 0.2) is 40.9 Å². The zero-order valence-electron chi connectivity index (χ0n) is 9.18. The molecule has 0 aliphatic heterocycles. The van der Waals surface area contributed by atoms with E-state index in [0.29, 0.717) is 11.6 Å². The average molecular weight is 333 g/mol. The molecule has 0 fully saturated rings. The van der Waals surface area contributed by atoms with E-state index in [1.54, 1.807) is 12.1 Å². The van der Waals surface area contributed by atoms with Gasteiger partial charge in [-0.15, -0.1) is 0 Å². The van der Waals surface area contributed by atoms with Crippen LogP contribution in [0.4, 0.5) is 14.5 Å². The number of hydrogen-bond donors (Lipinski definition) is 1. The third kappa shape index (κ3) is 3.21. The molecule has 5 heteroatoms. The lowest BCUT2D eigenvalue weighted by Gasteiger charge is -2.08. The van der Waals surface area contributed by atoms with Gasteiger partial charge in [-0.05, 0) is 51.8 Å². The predicted octanol–water partition coefficient (Wildman–Crippen LogP) is 4.99. The summed E-state index contributed by atoms with van der Waals surface area (Å²) in [5.74, 6) is -0.965. The van der Waals surface area contributed by atoms with Gasteiger partial charge >= 0.3 is 0 Å². The molecule has 2 rings (SSSR count). The fraction of sp³-hybridized carbons (Fsp3) is 0.0769. The van der Waals surface area contributed by atoms with E-state index in [2.05, 4.69) is 21.2 Å². The van der Waals surface area contributed by atoms with Crippen LogP contribution in [0.2, 0.25) is 5.02 Å². The first-order valence-corrected chi connectivity index (χ1v) is 6.36. The largest absolute Gasteiger partial charge is 0.379 e. The Kier molecular flexibility index (Phi) is 4.19. The second-order valence-electron chi connectivity index (χ2n) is 3.73. The zero-order valence-corrected chi connectivity index (χ0v) is 11.5.